The molecule has 0 aromatic carbocycles. The molecule has 0 atom stereocenters. The van der Waals surface area contributed by atoms with Gasteiger partial charge in [-0.15, -0.1) is 11.3 Å². The highest BCUT2D eigenvalue weighted by atomic mass is 32.2. The summed E-state index contributed by atoms with van der Waals surface area (Å²) in [5.74, 6) is 0.533. The van der Waals surface area contributed by atoms with Crippen molar-refractivity contribution < 1.29 is 13.2 Å². The SMILES string of the molecule is COCCn1c(CN2CCN(Cc3cccs3)CC2)cnc1S(=O)(=O)CC1CC1. The normalized spacial score (nSPS) is 19.1. The lowest BCUT2D eigenvalue weighted by atomic mass is 10.3. The van der Waals surface area contributed by atoms with E-state index in [0.717, 1.165) is 57.8 Å². The van der Waals surface area contributed by atoms with Crippen LogP contribution in [0.5, 0.6) is 0 Å². The highest BCUT2D eigenvalue weighted by Crippen LogP contribution is 2.32. The van der Waals surface area contributed by atoms with Crippen molar-refractivity contribution in [3.8, 4) is 0 Å². The van der Waals surface area contributed by atoms with E-state index in [1.807, 2.05) is 15.9 Å². The topological polar surface area (TPSA) is 67.7 Å². The summed E-state index contributed by atoms with van der Waals surface area (Å²) < 4.78 is 32.7. The van der Waals surface area contributed by atoms with Crippen molar-refractivity contribution in [1.29, 1.82) is 0 Å². The van der Waals surface area contributed by atoms with Gasteiger partial charge in [0.05, 0.1) is 24.3 Å². The number of rotatable bonds is 10. The minimum Gasteiger partial charge on any atom is -0.383 e. The maximum atomic E-state index is 12.8. The molecule has 3 heterocycles. The first-order chi connectivity index (χ1) is 14.0. The molecule has 0 bridgehead atoms. The molecule has 0 spiro atoms. The third kappa shape index (κ3) is 5.46. The van der Waals surface area contributed by atoms with Crippen molar-refractivity contribution in [2.24, 2.45) is 5.92 Å². The largest absolute Gasteiger partial charge is 0.383 e. The first-order valence-electron chi connectivity index (χ1n) is 10.3. The summed E-state index contributed by atoms with van der Waals surface area (Å²) in [5.41, 5.74) is 0.961. The van der Waals surface area contributed by atoms with Gasteiger partial charge in [0.2, 0.25) is 15.0 Å². The van der Waals surface area contributed by atoms with Crippen LogP contribution < -0.4 is 0 Å². The smallest absolute Gasteiger partial charge is 0.227 e. The first kappa shape index (κ1) is 21.0. The van der Waals surface area contributed by atoms with Crippen molar-refractivity contribution in [3.63, 3.8) is 0 Å². The van der Waals surface area contributed by atoms with Crippen LogP contribution in [0.4, 0.5) is 0 Å². The number of thiophene rings is 1. The Morgan fingerprint density at radius 1 is 1.17 bits per heavy atom. The molecular weight excluding hydrogens is 408 g/mol. The van der Waals surface area contributed by atoms with Crippen LogP contribution in [0.2, 0.25) is 0 Å². The van der Waals surface area contributed by atoms with E-state index < -0.39 is 9.84 Å². The molecule has 2 aromatic rings. The zero-order chi connectivity index (χ0) is 20.3. The average molecular weight is 439 g/mol. The number of nitrogens with zero attached hydrogens (tertiary/aromatic N) is 4. The van der Waals surface area contributed by atoms with Crippen molar-refractivity contribution in [2.75, 3.05) is 45.6 Å². The number of imidazole rings is 1. The van der Waals surface area contributed by atoms with E-state index in [-0.39, 0.29) is 10.9 Å². The molecule has 4 rings (SSSR count). The van der Waals surface area contributed by atoms with Gasteiger partial charge in [0.15, 0.2) is 0 Å². The second kappa shape index (κ2) is 9.26. The van der Waals surface area contributed by atoms with Crippen LogP contribution in [0.25, 0.3) is 0 Å². The molecular formula is C20H30N4O3S2. The van der Waals surface area contributed by atoms with E-state index in [1.165, 1.54) is 4.88 Å². The van der Waals surface area contributed by atoms with E-state index in [0.29, 0.717) is 19.1 Å². The summed E-state index contributed by atoms with van der Waals surface area (Å²) in [6.07, 6.45) is 3.77. The Kier molecular flexibility index (Phi) is 6.70. The van der Waals surface area contributed by atoms with E-state index in [4.69, 9.17) is 4.74 Å². The second-order valence-electron chi connectivity index (χ2n) is 8.03. The molecule has 1 aliphatic carbocycles. The second-order valence-corrected chi connectivity index (χ2v) is 11.0. The van der Waals surface area contributed by atoms with E-state index in [2.05, 4.69) is 32.3 Å². The van der Waals surface area contributed by atoms with Crippen molar-refractivity contribution in [1.82, 2.24) is 19.4 Å². The van der Waals surface area contributed by atoms with Gasteiger partial charge in [0, 0.05) is 57.8 Å². The standard InChI is InChI=1S/C20H30N4O3S2/c1-27-11-10-24-18(13-21-20(24)29(25,26)16-17-4-5-17)14-22-6-8-23(9-7-22)15-19-3-2-12-28-19/h2-3,12-13,17H,4-11,14-16H2,1H3. The van der Waals surface area contributed by atoms with Crippen molar-refractivity contribution >= 4 is 21.2 Å². The average Bonchev–Trinajstić information content (AvgIpc) is 3.18. The van der Waals surface area contributed by atoms with Gasteiger partial charge in [-0.2, -0.15) is 0 Å². The number of aromatic nitrogens is 2. The fraction of sp³-hybridized carbons (Fsp3) is 0.650. The van der Waals surface area contributed by atoms with Crippen LogP contribution in [-0.2, 0) is 34.2 Å². The van der Waals surface area contributed by atoms with Crippen LogP contribution in [-0.4, -0.2) is 73.4 Å². The van der Waals surface area contributed by atoms with Crippen LogP contribution in [0.3, 0.4) is 0 Å². The summed E-state index contributed by atoms with van der Waals surface area (Å²) in [5, 5.41) is 2.34. The third-order valence-corrected chi connectivity index (χ3v) is 8.31. The molecule has 2 aliphatic rings. The lowest BCUT2D eigenvalue weighted by Crippen LogP contribution is -2.45. The molecule has 2 aromatic heterocycles. The molecule has 1 saturated carbocycles. The van der Waals surface area contributed by atoms with Crippen molar-refractivity contribution in [2.45, 2.75) is 37.6 Å². The lowest BCUT2D eigenvalue weighted by molar-refractivity contribution is 0.119. The summed E-state index contributed by atoms with van der Waals surface area (Å²) in [4.78, 5) is 10.6. The number of methoxy groups -OCH3 is 1. The molecule has 0 amide bonds. The Balaban J connectivity index is 1.40. The zero-order valence-corrected chi connectivity index (χ0v) is 18.6. The molecule has 7 nitrogen and oxygen atoms in total. The van der Waals surface area contributed by atoms with E-state index >= 15 is 0 Å². The molecule has 9 heteroatoms. The minimum atomic E-state index is -3.35. The van der Waals surface area contributed by atoms with Crippen LogP contribution >= 0.6 is 11.3 Å². The van der Waals surface area contributed by atoms with Gasteiger partial charge >= 0.3 is 0 Å². The summed E-state index contributed by atoms with van der Waals surface area (Å²) in [7, 11) is -1.70. The van der Waals surface area contributed by atoms with Crippen LogP contribution in [0.1, 0.15) is 23.4 Å². The molecule has 1 aliphatic heterocycles. The van der Waals surface area contributed by atoms with Gasteiger partial charge in [-0.05, 0) is 30.2 Å². The molecule has 1 saturated heterocycles. The number of hydrogen-bond donors (Lipinski definition) is 0. The number of sulfone groups is 1. The maximum absolute atomic E-state index is 12.8. The monoisotopic (exact) mass is 438 g/mol. The minimum absolute atomic E-state index is 0.216. The Hall–Kier alpha value is -1.26. The molecule has 0 N–H and O–H groups in total. The molecule has 160 valence electrons. The van der Waals surface area contributed by atoms with Crippen LogP contribution in [0, 0.1) is 5.92 Å². The fourth-order valence-corrected chi connectivity index (χ4v) is 6.42. The highest BCUT2D eigenvalue weighted by Gasteiger charge is 2.32. The lowest BCUT2D eigenvalue weighted by Gasteiger charge is -2.34. The molecule has 0 unspecified atom stereocenters. The quantitative estimate of drug-likeness (QED) is 0.566. The van der Waals surface area contributed by atoms with Gasteiger partial charge in [-0.25, -0.2) is 13.4 Å². The van der Waals surface area contributed by atoms with Gasteiger partial charge in [0.25, 0.3) is 0 Å². The predicted octanol–water partition coefficient (Wildman–Crippen LogP) is 2.09. The van der Waals surface area contributed by atoms with Gasteiger partial charge in [-0.1, -0.05) is 6.07 Å². The van der Waals surface area contributed by atoms with Crippen molar-refractivity contribution in [3.05, 3.63) is 34.3 Å². The third-order valence-electron chi connectivity index (χ3n) is 5.66. The van der Waals surface area contributed by atoms with E-state index in [9.17, 15) is 8.42 Å². The Morgan fingerprint density at radius 2 is 1.90 bits per heavy atom. The summed E-state index contributed by atoms with van der Waals surface area (Å²) in [6.45, 7) is 6.74. The van der Waals surface area contributed by atoms with E-state index in [1.54, 1.807) is 13.3 Å². The highest BCUT2D eigenvalue weighted by molar-refractivity contribution is 7.91. The van der Waals surface area contributed by atoms with Crippen LogP contribution in [0.15, 0.2) is 28.9 Å². The first-order valence-corrected chi connectivity index (χ1v) is 12.8. The fourth-order valence-electron chi connectivity index (χ4n) is 3.82. The summed E-state index contributed by atoms with van der Waals surface area (Å²) in [6, 6.07) is 4.29. The van der Waals surface area contributed by atoms with Gasteiger partial charge in [0.1, 0.15) is 0 Å². The predicted molar refractivity (Wildman–Crippen MR) is 114 cm³/mol. The number of piperazine rings is 1. The Labute approximate surface area is 177 Å². The number of ether oxygens (including phenoxy) is 1. The summed E-state index contributed by atoms with van der Waals surface area (Å²) >= 11 is 1.81. The van der Waals surface area contributed by atoms with Gasteiger partial charge < -0.3 is 9.30 Å². The zero-order valence-electron chi connectivity index (χ0n) is 17.0. The Morgan fingerprint density at radius 3 is 2.52 bits per heavy atom. The molecule has 2 fully saturated rings. The number of hydrogen-bond acceptors (Lipinski definition) is 7. The molecule has 29 heavy (non-hydrogen) atoms. The Bertz CT molecular complexity index is 883. The maximum Gasteiger partial charge on any atom is 0.227 e. The van der Waals surface area contributed by atoms with Gasteiger partial charge in [-0.3, -0.25) is 9.80 Å². The molecule has 0 radical (unpaired) electrons.